The molecule has 1 aliphatic heterocycles. The number of nitrogens with one attached hydrogen (secondary N) is 2. The van der Waals surface area contributed by atoms with Crippen molar-refractivity contribution in [3.8, 4) is 0 Å². The van der Waals surface area contributed by atoms with Crippen molar-refractivity contribution in [2.75, 3.05) is 26.8 Å². The minimum Gasteiger partial charge on any atom is -0.384 e. The quantitative estimate of drug-likeness (QED) is 0.841. The van der Waals surface area contributed by atoms with Crippen LogP contribution in [0.2, 0.25) is 0 Å². The lowest BCUT2D eigenvalue weighted by Gasteiger charge is -2.35. The van der Waals surface area contributed by atoms with E-state index in [1.807, 2.05) is 30.3 Å². The summed E-state index contributed by atoms with van der Waals surface area (Å²) in [5, 5.41) is 6.34. The van der Waals surface area contributed by atoms with E-state index in [2.05, 4.69) is 10.6 Å². The monoisotopic (exact) mass is 262 g/mol. The molecular formula is C15H22N2O2. The zero-order valence-corrected chi connectivity index (χ0v) is 11.4. The highest BCUT2D eigenvalue weighted by Gasteiger charge is 2.39. The molecule has 1 aliphatic rings. The molecule has 1 heterocycles. The van der Waals surface area contributed by atoms with Crippen LogP contribution < -0.4 is 10.6 Å². The van der Waals surface area contributed by atoms with Gasteiger partial charge in [0.2, 0.25) is 5.91 Å². The Morgan fingerprint density at radius 3 is 2.63 bits per heavy atom. The Bertz CT molecular complexity index is 394. The van der Waals surface area contributed by atoms with Gasteiger partial charge in [0.15, 0.2) is 0 Å². The van der Waals surface area contributed by atoms with Crippen LogP contribution in [0.3, 0.4) is 0 Å². The molecule has 2 rings (SSSR count). The molecule has 0 bridgehead atoms. The number of carbonyl (C=O) groups is 1. The molecule has 4 nitrogen and oxygen atoms in total. The van der Waals surface area contributed by atoms with Crippen molar-refractivity contribution in [3.05, 3.63) is 35.9 Å². The van der Waals surface area contributed by atoms with E-state index in [1.165, 1.54) is 0 Å². The second-order valence-corrected chi connectivity index (χ2v) is 5.13. The van der Waals surface area contributed by atoms with Crippen LogP contribution in [-0.2, 0) is 16.1 Å². The largest absolute Gasteiger partial charge is 0.384 e. The van der Waals surface area contributed by atoms with E-state index in [0.29, 0.717) is 13.2 Å². The third-order valence-electron chi connectivity index (χ3n) is 3.76. The summed E-state index contributed by atoms with van der Waals surface area (Å²) in [6.45, 7) is 2.83. The normalized spacial score (nSPS) is 17.9. The summed E-state index contributed by atoms with van der Waals surface area (Å²) in [7, 11) is 1.66. The standard InChI is InChI=1S/C15H22N2O2/c1-19-12-15(7-9-16-10-8-15)14(18)17-11-13-5-3-2-4-6-13/h2-6,16H,7-12H2,1H3,(H,17,18). The number of rotatable bonds is 5. The van der Waals surface area contributed by atoms with E-state index in [4.69, 9.17) is 4.74 Å². The van der Waals surface area contributed by atoms with Gasteiger partial charge in [-0.15, -0.1) is 0 Å². The SMILES string of the molecule is COCC1(C(=O)NCc2ccccc2)CCNCC1. The third kappa shape index (κ3) is 3.55. The molecule has 1 fully saturated rings. The Labute approximate surface area is 114 Å². The molecule has 1 aromatic carbocycles. The molecule has 1 saturated heterocycles. The first kappa shape index (κ1) is 14.0. The minimum atomic E-state index is -0.366. The molecule has 0 unspecified atom stereocenters. The molecule has 0 spiro atoms. The summed E-state index contributed by atoms with van der Waals surface area (Å²) in [5.41, 5.74) is 0.756. The van der Waals surface area contributed by atoms with Gasteiger partial charge in [0.05, 0.1) is 12.0 Å². The van der Waals surface area contributed by atoms with Gasteiger partial charge < -0.3 is 15.4 Å². The predicted octanol–water partition coefficient (Wildman–Crippen LogP) is 1.32. The molecule has 1 aromatic rings. The Morgan fingerprint density at radius 2 is 2.00 bits per heavy atom. The van der Waals surface area contributed by atoms with Crippen molar-refractivity contribution in [1.29, 1.82) is 0 Å². The molecule has 19 heavy (non-hydrogen) atoms. The van der Waals surface area contributed by atoms with E-state index in [1.54, 1.807) is 7.11 Å². The number of benzene rings is 1. The van der Waals surface area contributed by atoms with Crippen LogP contribution in [0.25, 0.3) is 0 Å². The average Bonchev–Trinajstić information content (AvgIpc) is 2.47. The van der Waals surface area contributed by atoms with Gasteiger partial charge in [-0.3, -0.25) is 4.79 Å². The van der Waals surface area contributed by atoms with Gasteiger partial charge in [0, 0.05) is 13.7 Å². The zero-order chi connectivity index (χ0) is 13.6. The summed E-state index contributed by atoms with van der Waals surface area (Å²) in [4.78, 5) is 12.5. The van der Waals surface area contributed by atoms with Crippen molar-refractivity contribution >= 4 is 5.91 Å². The van der Waals surface area contributed by atoms with Gasteiger partial charge in [-0.1, -0.05) is 30.3 Å². The molecule has 0 atom stereocenters. The first-order valence-corrected chi connectivity index (χ1v) is 6.79. The molecule has 0 saturated carbocycles. The first-order chi connectivity index (χ1) is 9.27. The molecule has 2 N–H and O–H groups in total. The predicted molar refractivity (Wildman–Crippen MR) is 74.7 cm³/mol. The second kappa shape index (κ2) is 6.68. The van der Waals surface area contributed by atoms with Crippen molar-refractivity contribution < 1.29 is 9.53 Å². The van der Waals surface area contributed by atoms with Gasteiger partial charge in [-0.2, -0.15) is 0 Å². The Kier molecular flexibility index (Phi) is 4.93. The summed E-state index contributed by atoms with van der Waals surface area (Å²) in [5.74, 6) is 0.111. The number of hydrogen-bond donors (Lipinski definition) is 2. The molecule has 4 heteroatoms. The van der Waals surface area contributed by atoms with Gasteiger partial charge in [0.1, 0.15) is 0 Å². The maximum absolute atomic E-state index is 12.5. The van der Waals surface area contributed by atoms with Gasteiger partial charge in [-0.25, -0.2) is 0 Å². The molecule has 104 valence electrons. The van der Waals surface area contributed by atoms with Gasteiger partial charge in [-0.05, 0) is 31.5 Å². The number of piperidine rings is 1. The van der Waals surface area contributed by atoms with Crippen LogP contribution >= 0.6 is 0 Å². The van der Waals surface area contributed by atoms with Crippen molar-refractivity contribution in [3.63, 3.8) is 0 Å². The molecule has 1 amide bonds. The highest BCUT2D eigenvalue weighted by atomic mass is 16.5. The summed E-state index contributed by atoms with van der Waals surface area (Å²) in [6, 6.07) is 9.98. The highest BCUT2D eigenvalue weighted by Crippen LogP contribution is 2.29. The van der Waals surface area contributed by atoms with E-state index in [9.17, 15) is 4.79 Å². The summed E-state index contributed by atoms with van der Waals surface area (Å²) < 4.78 is 5.27. The van der Waals surface area contributed by atoms with E-state index < -0.39 is 0 Å². The number of hydrogen-bond acceptors (Lipinski definition) is 3. The van der Waals surface area contributed by atoms with Crippen molar-refractivity contribution in [2.24, 2.45) is 5.41 Å². The van der Waals surface area contributed by atoms with E-state index >= 15 is 0 Å². The van der Waals surface area contributed by atoms with Crippen LogP contribution in [0, 0.1) is 5.41 Å². The van der Waals surface area contributed by atoms with Crippen LogP contribution in [0.5, 0.6) is 0 Å². The smallest absolute Gasteiger partial charge is 0.228 e. The Hall–Kier alpha value is -1.39. The van der Waals surface area contributed by atoms with Crippen molar-refractivity contribution in [1.82, 2.24) is 10.6 Å². The number of ether oxygens (including phenoxy) is 1. The lowest BCUT2D eigenvalue weighted by Crippen LogP contribution is -2.49. The molecule has 0 aliphatic carbocycles. The minimum absolute atomic E-state index is 0.111. The average molecular weight is 262 g/mol. The van der Waals surface area contributed by atoms with Crippen LogP contribution in [0.4, 0.5) is 0 Å². The fraction of sp³-hybridized carbons (Fsp3) is 0.533. The molecule has 0 radical (unpaired) electrons. The lowest BCUT2D eigenvalue weighted by molar-refractivity contribution is -0.136. The topological polar surface area (TPSA) is 50.4 Å². The van der Waals surface area contributed by atoms with Crippen molar-refractivity contribution in [2.45, 2.75) is 19.4 Å². The van der Waals surface area contributed by atoms with Crippen LogP contribution in [-0.4, -0.2) is 32.7 Å². The maximum atomic E-state index is 12.5. The first-order valence-electron chi connectivity index (χ1n) is 6.79. The number of methoxy groups -OCH3 is 1. The second-order valence-electron chi connectivity index (χ2n) is 5.13. The Morgan fingerprint density at radius 1 is 1.32 bits per heavy atom. The van der Waals surface area contributed by atoms with Gasteiger partial charge >= 0.3 is 0 Å². The zero-order valence-electron chi connectivity index (χ0n) is 11.4. The number of carbonyl (C=O) groups excluding carboxylic acids is 1. The van der Waals surface area contributed by atoms with E-state index in [0.717, 1.165) is 31.5 Å². The number of amides is 1. The highest BCUT2D eigenvalue weighted by molar-refractivity contribution is 5.83. The summed E-state index contributed by atoms with van der Waals surface area (Å²) in [6.07, 6.45) is 1.67. The van der Waals surface area contributed by atoms with Crippen LogP contribution in [0.1, 0.15) is 18.4 Å². The van der Waals surface area contributed by atoms with Gasteiger partial charge in [0.25, 0.3) is 0 Å². The fourth-order valence-corrected chi connectivity index (χ4v) is 2.58. The summed E-state index contributed by atoms with van der Waals surface area (Å²) >= 11 is 0. The maximum Gasteiger partial charge on any atom is 0.228 e. The lowest BCUT2D eigenvalue weighted by atomic mass is 9.78. The fourth-order valence-electron chi connectivity index (χ4n) is 2.58. The van der Waals surface area contributed by atoms with E-state index in [-0.39, 0.29) is 11.3 Å². The molecular weight excluding hydrogens is 240 g/mol. The third-order valence-corrected chi connectivity index (χ3v) is 3.76. The molecule has 0 aromatic heterocycles. The Balaban J connectivity index is 1.96. The van der Waals surface area contributed by atoms with Crippen LogP contribution in [0.15, 0.2) is 30.3 Å².